The standard InChI is InChI=1S/C14H22N2O3S/c1-9-5-6-16(14(17)15-9)11-8-20-12(7-18-3)13(19-4)10(11)2/h5-6,10-13H,7-8H2,1-4H3/t10-,11?,12-,13+/m1/s1. The Morgan fingerprint density at radius 1 is 1.50 bits per heavy atom. The molecule has 1 saturated heterocycles. The lowest BCUT2D eigenvalue weighted by Gasteiger charge is -2.40. The van der Waals surface area contributed by atoms with Crippen LogP contribution in [-0.4, -0.2) is 47.5 Å². The molecule has 4 atom stereocenters. The number of ether oxygens (including phenoxy) is 2. The smallest absolute Gasteiger partial charge is 0.348 e. The van der Waals surface area contributed by atoms with Gasteiger partial charge < -0.3 is 9.47 Å². The van der Waals surface area contributed by atoms with Crippen LogP contribution in [0.1, 0.15) is 18.7 Å². The Kier molecular flexibility index (Phi) is 5.23. The summed E-state index contributed by atoms with van der Waals surface area (Å²) in [6.45, 7) is 4.63. The van der Waals surface area contributed by atoms with Crippen LogP contribution in [0.5, 0.6) is 0 Å². The molecule has 0 saturated carbocycles. The van der Waals surface area contributed by atoms with Gasteiger partial charge in [-0.3, -0.25) is 4.57 Å². The molecular weight excluding hydrogens is 276 g/mol. The van der Waals surface area contributed by atoms with Crippen LogP contribution in [0.25, 0.3) is 0 Å². The van der Waals surface area contributed by atoms with E-state index in [4.69, 9.17) is 9.47 Å². The van der Waals surface area contributed by atoms with Crippen LogP contribution in [0, 0.1) is 12.8 Å². The molecule has 0 N–H and O–H groups in total. The molecule has 1 aromatic rings. The quantitative estimate of drug-likeness (QED) is 0.843. The Labute approximate surface area is 123 Å². The van der Waals surface area contributed by atoms with E-state index in [2.05, 4.69) is 11.9 Å². The molecule has 0 bridgehead atoms. The summed E-state index contributed by atoms with van der Waals surface area (Å²) in [6.07, 6.45) is 1.92. The molecule has 1 aliphatic heterocycles. The minimum atomic E-state index is -0.178. The minimum absolute atomic E-state index is 0.0758. The molecule has 1 fully saturated rings. The lowest BCUT2D eigenvalue weighted by atomic mass is 9.93. The number of hydrogen-bond acceptors (Lipinski definition) is 5. The van der Waals surface area contributed by atoms with Crippen molar-refractivity contribution in [2.45, 2.75) is 31.2 Å². The summed E-state index contributed by atoms with van der Waals surface area (Å²) in [4.78, 5) is 16.1. The molecule has 0 aliphatic carbocycles. The van der Waals surface area contributed by atoms with Crippen LogP contribution < -0.4 is 5.69 Å². The Morgan fingerprint density at radius 3 is 2.85 bits per heavy atom. The van der Waals surface area contributed by atoms with Gasteiger partial charge in [-0.05, 0) is 13.0 Å². The molecule has 0 amide bonds. The normalized spacial score (nSPS) is 30.4. The topological polar surface area (TPSA) is 53.4 Å². The first-order valence-electron chi connectivity index (χ1n) is 6.77. The zero-order valence-corrected chi connectivity index (χ0v) is 13.2. The molecule has 112 valence electrons. The van der Waals surface area contributed by atoms with E-state index in [0.29, 0.717) is 11.9 Å². The van der Waals surface area contributed by atoms with E-state index >= 15 is 0 Å². The van der Waals surface area contributed by atoms with Crippen molar-refractivity contribution in [1.29, 1.82) is 0 Å². The van der Waals surface area contributed by atoms with Crippen molar-refractivity contribution in [3.8, 4) is 0 Å². The molecule has 2 rings (SSSR count). The average molecular weight is 298 g/mol. The summed E-state index contributed by atoms with van der Waals surface area (Å²) in [5.41, 5.74) is 0.574. The lowest BCUT2D eigenvalue weighted by Crippen LogP contribution is -2.46. The zero-order chi connectivity index (χ0) is 14.7. The molecule has 20 heavy (non-hydrogen) atoms. The van der Waals surface area contributed by atoms with E-state index < -0.39 is 0 Å². The summed E-state index contributed by atoms with van der Waals surface area (Å²) < 4.78 is 12.6. The van der Waals surface area contributed by atoms with E-state index in [1.807, 2.05) is 19.2 Å². The number of aromatic nitrogens is 2. The molecule has 1 aromatic heterocycles. The fraction of sp³-hybridized carbons (Fsp3) is 0.714. The molecule has 0 radical (unpaired) electrons. The van der Waals surface area contributed by atoms with Crippen LogP contribution in [0.4, 0.5) is 0 Å². The number of aryl methyl sites for hydroxylation is 1. The van der Waals surface area contributed by atoms with Gasteiger partial charge in [0.15, 0.2) is 0 Å². The van der Waals surface area contributed by atoms with Crippen LogP contribution in [0.3, 0.4) is 0 Å². The second kappa shape index (κ2) is 6.74. The van der Waals surface area contributed by atoms with Gasteiger partial charge in [0.1, 0.15) is 0 Å². The lowest BCUT2D eigenvalue weighted by molar-refractivity contribution is 0.0165. The third-order valence-corrected chi connectivity index (χ3v) is 5.27. The van der Waals surface area contributed by atoms with Crippen LogP contribution in [0.2, 0.25) is 0 Å². The van der Waals surface area contributed by atoms with Crippen LogP contribution in [-0.2, 0) is 9.47 Å². The second-order valence-electron chi connectivity index (χ2n) is 5.21. The van der Waals surface area contributed by atoms with Crippen LogP contribution in [0.15, 0.2) is 17.1 Å². The summed E-state index contributed by atoms with van der Waals surface area (Å²) >= 11 is 1.80. The number of thioether (sulfide) groups is 1. The first-order chi connectivity index (χ1) is 9.58. The van der Waals surface area contributed by atoms with Gasteiger partial charge in [0, 0.05) is 37.8 Å². The van der Waals surface area contributed by atoms with E-state index in [1.165, 1.54) is 0 Å². The number of rotatable bonds is 4. The predicted octanol–water partition coefficient (Wildman–Crippen LogP) is 1.51. The third kappa shape index (κ3) is 3.07. The molecule has 5 nitrogen and oxygen atoms in total. The SMILES string of the molecule is COC[C@H]1SCC(n2ccc(C)nc2=O)[C@@H](C)[C@@H]1OC. The Morgan fingerprint density at radius 2 is 2.25 bits per heavy atom. The first kappa shape index (κ1) is 15.5. The Balaban J connectivity index is 2.24. The largest absolute Gasteiger partial charge is 0.383 e. The van der Waals surface area contributed by atoms with Crippen molar-refractivity contribution in [3.63, 3.8) is 0 Å². The summed E-state index contributed by atoms with van der Waals surface area (Å²) in [6, 6.07) is 1.99. The maximum atomic E-state index is 12.1. The number of nitrogens with zero attached hydrogens (tertiary/aromatic N) is 2. The van der Waals surface area contributed by atoms with E-state index in [-0.39, 0.29) is 23.8 Å². The first-order valence-corrected chi connectivity index (χ1v) is 7.82. The highest BCUT2D eigenvalue weighted by Crippen LogP contribution is 2.38. The highest BCUT2D eigenvalue weighted by atomic mass is 32.2. The van der Waals surface area contributed by atoms with Crippen molar-refractivity contribution in [1.82, 2.24) is 9.55 Å². The molecule has 6 heteroatoms. The predicted molar refractivity (Wildman–Crippen MR) is 80.4 cm³/mol. The molecule has 0 aromatic carbocycles. The highest BCUT2D eigenvalue weighted by Gasteiger charge is 2.38. The minimum Gasteiger partial charge on any atom is -0.383 e. The fourth-order valence-corrected chi connectivity index (χ4v) is 4.47. The summed E-state index contributed by atoms with van der Waals surface area (Å²) in [7, 11) is 3.43. The van der Waals surface area contributed by atoms with Gasteiger partial charge >= 0.3 is 5.69 Å². The molecule has 0 spiro atoms. The van der Waals surface area contributed by atoms with E-state index in [1.54, 1.807) is 30.5 Å². The van der Waals surface area contributed by atoms with Crippen molar-refractivity contribution in [3.05, 3.63) is 28.4 Å². The second-order valence-corrected chi connectivity index (χ2v) is 6.48. The Bertz CT molecular complexity index is 505. The maximum absolute atomic E-state index is 12.1. The van der Waals surface area contributed by atoms with Gasteiger partial charge in [0.05, 0.1) is 24.0 Å². The van der Waals surface area contributed by atoms with Gasteiger partial charge in [-0.1, -0.05) is 6.92 Å². The van der Waals surface area contributed by atoms with Crippen molar-refractivity contribution >= 4 is 11.8 Å². The molecule has 1 aliphatic rings. The number of hydrogen-bond donors (Lipinski definition) is 0. The monoisotopic (exact) mass is 298 g/mol. The molecule has 2 heterocycles. The van der Waals surface area contributed by atoms with Gasteiger partial charge in [0.25, 0.3) is 0 Å². The van der Waals surface area contributed by atoms with Crippen molar-refractivity contribution in [2.24, 2.45) is 5.92 Å². The van der Waals surface area contributed by atoms with Gasteiger partial charge in [-0.25, -0.2) is 4.79 Å². The van der Waals surface area contributed by atoms with Gasteiger partial charge in [-0.15, -0.1) is 0 Å². The van der Waals surface area contributed by atoms with Crippen LogP contribution >= 0.6 is 11.8 Å². The molecule has 1 unspecified atom stereocenters. The van der Waals surface area contributed by atoms with E-state index in [0.717, 1.165) is 11.4 Å². The third-order valence-electron chi connectivity index (χ3n) is 3.90. The van der Waals surface area contributed by atoms with Gasteiger partial charge in [-0.2, -0.15) is 16.7 Å². The highest BCUT2D eigenvalue weighted by molar-refractivity contribution is 8.00. The van der Waals surface area contributed by atoms with Crippen molar-refractivity contribution in [2.75, 3.05) is 26.6 Å². The summed E-state index contributed by atoms with van der Waals surface area (Å²) in [5, 5.41) is 0.311. The van der Waals surface area contributed by atoms with Gasteiger partial charge in [0.2, 0.25) is 0 Å². The Hall–Kier alpha value is -0.850. The fourth-order valence-electron chi connectivity index (χ4n) is 2.78. The van der Waals surface area contributed by atoms with Crippen molar-refractivity contribution < 1.29 is 9.47 Å². The molecular formula is C14H22N2O3S. The van der Waals surface area contributed by atoms with E-state index in [9.17, 15) is 4.79 Å². The average Bonchev–Trinajstić information content (AvgIpc) is 2.41. The summed E-state index contributed by atoms with van der Waals surface area (Å²) in [5.74, 6) is 1.11. The maximum Gasteiger partial charge on any atom is 0.348 e. The number of methoxy groups -OCH3 is 2. The zero-order valence-electron chi connectivity index (χ0n) is 12.4.